The second-order valence-corrected chi connectivity index (χ2v) is 9.22. The summed E-state index contributed by atoms with van der Waals surface area (Å²) >= 11 is 1.53. The molecule has 1 N–H and O–H groups in total. The molecule has 4 nitrogen and oxygen atoms in total. The van der Waals surface area contributed by atoms with Gasteiger partial charge in [0.05, 0.1) is 10.6 Å². The van der Waals surface area contributed by atoms with E-state index in [9.17, 15) is 13.2 Å². The molecule has 2 rings (SSSR count). The third-order valence-corrected chi connectivity index (χ3v) is 6.65. The van der Waals surface area contributed by atoms with Crippen LogP contribution in [0.15, 0.2) is 40.1 Å². The van der Waals surface area contributed by atoms with Crippen LogP contribution in [0.25, 0.3) is 0 Å². The molecule has 0 aliphatic heterocycles. The molecule has 0 aliphatic carbocycles. The lowest BCUT2D eigenvalue weighted by molar-refractivity contribution is -0.113. The lowest BCUT2D eigenvalue weighted by atomic mass is 10.0. The van der Waals surface area contributed by atoms with Crippen LogP contribution in [0.5, 0.6) is 0 Å². The van der Waals surface area contributed by atoms with E-state index in [1.54, 1.807) is 12.1 Å². The van der Waals surface area contributed by atoms with Crippen molar-refractivity contribution < 1.29 is 13.2 Å². The Balaban J connectivity index is 2.05. The average molecular weight is 378 g/mol. The molecule has 0 bridgehead atoms. The van der Waals surface area contributed by atoms with Gasteiger partial charge in [-0.05, 0) is 74.2 Å². The van der Waals surface area contributed by atoms with Crippen molar-refractivity contribution in [2.75, 3.05) is 17.3 Å². The standard InChI is InChI=1S/C19H23NO3S2/c1-12-10-13(2)15(4)19(14(12)3)24-11-18(21)20-16-6-8-17(9-7-16)25(5,22)23/h6-10H,11H2,1-5H3,(H,20,21). The highest BCUT2D eigenvalue weighted by molar-refractivity contribution is 8.00. The van der Waals surface area contributed by atoms with Gasteiger partial charge in [0.1, 0.15) is 0 Å². The van der Waals surface area contributed by atoms with Crippen molar-refractivity contribution in [3.05, 3.63) is 52.6 Å². The van der Waals surface area contributed by atoms with Crippen molar-refractivity contribution in [2.24, 2.45) is 0 Å². The molecule has 0 fully saturated rings. The Morgan fingerprint density at radius 3 is 2.00 bits per heavy atom. The van der Waals surface area contributed by atoms with E-state index in [1.165, 1.54) is 46.1 Å². The lowest BCUT2D eigenvalue weighted by Crippen LogP contribution is -2.14. The molecular weight excluding hydrogens is 354 g/mol. The van der Waals surface area contributed by atoms with Gasteiger partial charge in [-0.1, -0.05) is 6.07 Å². The molecule has 1 amide bonds. The number of anilines is 1. The average Bonchev–Trinajstić information content (AvgIpc) is 2.52. The monoisotopic (exact) mass is 377 g/mol. The van der Waals surface area contributed by atoms with Crippen molar-refractivity contribution in [3.63, 3.8) is 0 Å². The summed E-state index contributed by atoms with van der Waals surface area (Å²) in [5, 5.41) is 2.80. The van der Waals surface area contributed by atoms with Crippen molar-refractivity contribution in [2.45, 2.75) is 37.5 Å². The normalized spacial score (nSPS) is 11.4. The summed E-state index contributed by atoms with van der Waals surface area (Å²) in [6.45, 7) is 8.31. The van der Waals surface area contributed by atoms with Crippen molar-refractivity contribution in [3.8, 4) is 0 Å². The molecule has 0 saturated carbocycles. The molecule has 0 heterocycles. The second kappa shape index (κ2) is 7.62. The molecule has 0 atom stereocenters. The Morgan fingerprint density at radius 2 is 1.52 bits per heavy atom. The van der Waals surface area contributed by atoms with Gasteiger partial charge in [-0.25, -0.2) is 8.42 Å². The summed E-state index contributed by atoms with van der Waals surface area (Å²) in [5.41, 5.74) is 5.45. The fraction of sp³-hybridized carbons (Fsp3) is 0.316. The van der Waals surface area contributed by atoms with Crippen LogP contribution in [-0.2, 0) is 14.6 Å². The Bertz CT molecular complexity index is 875. The number of aryl methyl sites for hydroxylation is 2. The number of nitrogens with one attached hydrogen (secondary N) is 1. The van der Waals surface area contributed by atoms with E-state index in [0.717, 1.165) is 11.2 Å². The van der Waals surface area contributed by atoms with E-state index in [1.807, 2.05) is 0 Å². The van der Waals surface area contributed by atoms with Gasteiger partial charge < -0.3 is 5.32 Å². The highest BCUT2D eigenvalue weighted by Crippen LogP contribution is 2.30. The molecule has 0 aliphatic rings. The Morgan fingerprint density at radius 1 is 1.00 bits per heavy atom. The number of carbonyl (C=O) groups excluding carboxylic acids is 1. The summed E-state index contributed by atoms with van der Waals surface area (Å²) in [5.74, 6) is 0.188. The highest BCUT2D eigenvalue weighted by Gasteiger charge is 2.12. The van der Waals surface area contributed by atoms with E-state index in [2.05, 4.69) is 39.1 Å². The lowest BCUT2D eigenvalue weighted by Gasteiger charge is -2.14. The van der Waals surface area contributed by atoms with Gasteiger partial charge in [-0.15, -0.1) is 11.8 Å². The van der Waals surface area contributed by atoms with Crippen LogP contribution in [0, 0.1) is 27.7 Å². The number of carbonyl (C=O) groups is 1. The van der Waals surface area contributed by atoms with E-state index in [-0.39, 0.29) is 10.8 Å². The molecule has 25 heavy (non-hydrogen) atoms. The minimum atomic E-state index is -3.23. The van der Waals surface area contributed by atoms with Crippen LogP contribution < -0.4 is 5.32 Å². The fourth-order valence-corrected chi connectivity index (χ4v) is 4.25. The molecule has 0 unspecified atom stereocenters. The zero-order valence-electron chi connectivity index (χ0n) is 15.1. The van der Waals surface area contributed by atoms with Crippen LogP contribution in [-0.4, -0.2) is 26.3 Å². The van der Waals surface area contributed by atoms with Crippen molar-refractivity contribution in [1.29, 1.82) is 0 Å². The van der Waals surface area contributed by atoms with Gasteiger partial charge in [0.2, 0.25) is 5.91 Å². The molecular formula is C19H23NO3S2. The maximum atomic E-state index is 12.2. The summed E-state index contributed by atoms with van der Waals surface area (Å²) in [6.07, 6.45) is 1.16. The first-order valence-corrected chi connectivity index (χ1v) is 10.8. The van der Waals surface area contributed by atoms with Crippen molar-refractivity contribution in [1.82, 2.24) is 0 Å². The first-order chi connectivity index (χ1) is 11.6. The van der Waals surface area contributed by atoms with E-state index in [0.29, 0.717) is 11.4 Å². The number of rotatable bonds is 5. The minimum Gasteiger partial charge on any atom is -0.325 e. The Labute approximate surface area is 154 Å². The van der Waals surface area contributed by atoms with Crippen LogP contribution in [0.4, 0.5) is 5.69 Å². The molecule has 0 saturated heterocycles. The minimum absolute atomic E-state index is 0.116. The Kier molecular flexibility index (Phi) is 5.95. The van der Waals surface area contributed by atoms with Gasteiger partial charge in [0, 0.05) is 16.8 Å². The first kappa shape index (κ1) is 19.5. The van der Waals surface area contributed by atoms with Crippen LogP contribution in [0.1, 0.15) is 22.3 Å². The molecule has 0 aromatic heterocycles. The maximum Gasteiger partial charge on any atom is 0.234 e. The zero-order chi connectivity index (χ0) is 18.8. The Hall–Kier alpha value is -1.79. The predicted molar refractivity (Wildman–Crippen MR) is 104 cm³/mol. The largest absolute Gasteiger partial charge is 0.325 e. The van der Waals surface area contributed by atoms with Crippen LogP contribution in [0.3, 0.4) is 0 Å². The summed E-state index contributed by atoms with van der Waals surface area (Å²) in [7, 11) is -3.23. The molecule has 2 aromatic carbocycles. The topological polar surface area (TPSA) is 63.2 Å². The molecule has 134 valence electrons. The molecule has 6 heteroatoms. The number of thioether (sulfide) groups is 1. The van der Waals surface area contributed by atoms with Gasteiger partial charge >= 0.3 is 0 Å². The molecule has 0 radical (unpaired) electrons. The van der Waals surface area contributed by atoms with Gasteiger partial charge in [0.25, 0.3) is 0 Å². The third-order valence-electron chi connectivity index (χ3n) is 4.21. The van der Waals surface area contributed by atoms with Crippen LogP contribution >= 0.6 is 11.8 Å². The fourth-order valence-electron chi connectivity index (χ4n) is 2.52. The number of hydrogen-bond acceptors (Lipinski definition) is 4. The van der Waals surface area contributed by atoms with Gasteiger partial charge in [0.15, 0.2) is 9.84 Å². The quantitative estimate of drug-likeness (QED) is 0.798. The SMILES string of the molecule is Cc1cc(C)c(C)c(SCC(=O)Nc2ccc(S(C)(=O)=O)cc2)c1C. The summed E-state index contributed by atoms with van der Waals surface area (Å²) in [6, 6.07) is 8.36. The molecule has 0 spiro atoms. The summed E-state index contributed by atoms with van der Waals surface area (Å²) in [4.78, 5) is 13.6. The maximum absolute atomic E-state index is 12.2. The predicted octanol–water partition coefficient (Wildman–Crippen LogP) is 4.05. The van der Waals surface area contributed by atoms with E-state index in [4.69, 9.17) is 0 Å². The zero-order valence-corrected chi connectivity index (χ0v) is 16.8. The van der Waals surface area contributed by atoms with Gasteiger partial charge in [-0.2, -0.15) is 0 Å². The van der Waals surface area contributed by atoms with Crippen LogP contribution in [0.2, 0.25) is 0 Å². The third kappa shape index (κ3) is 4.86. The van der Waals surface area contributed by atoms with Gasteiger partial charge in [-0.3, -0.25) is 4.79 Å². The highest BCUT2D eigenvalue weighted by atomic mass is 32.2. The number of hydrogen-bond donors (Lipinski definition) is 1. The molecule has 2 aromatic rings. The number of amides is 1. The second-order valence-electron chi connectivity index (χ2n) is 6.22. The smallest absolute Gasteiger partial charge is 0.234 e. The first-order valence-electron chi connectivity index (χ1n) is 7.89. The van der Waals surface area contributed by atoms with E-state index < -0.39 is 9.84 Å². The number of benzene rings is 2. The summed E-state index contributed by atoms with van der Waals surface area (Å²) < 4.78 is 22.9. The van der Waals surface area contributed by atoms with E-state index >= 15 is 0 Å². The van der Waals surface area contributed by atoms with Crippen molar-refractivity contribution >= 4 is 33.2 Å². The number of sulfone groups is 1.